The fourth-order valence-corrected chi connectivity index (χ4v) is 2.12. The molecule has 1 N–H and O–H groups in total. The second kappa shape index (κ2) is 5.00. The molecule has 1 aromatic carbocycles. The second-order valence-electron chi connectivity index (χ2n) is 4.57. The van der Waals surface area contributed by atoms with Crippen LogP contribution in [-0.2, 0) is 6.54 Å². The van der Waals surface area contributed by atoms with Gasteiger partial charge in [0.1, 0.15) is 12.4 Å². The summed E-state index contributed by atoms with van der Waals surface area (Å²) in [5.74, 6) is 0.135. The van der Waals surface area contributed by atoms with Crippen LogP contribution in [-0.4, -0.2) is 20.8 Å². The number of hydrogen-bond donors (Lipinski definition) is 1. The van der Waals surface area contributed by atoms with Gasteiger partial charge in [-0.2, -0.15) is 5.26 Å². The van der Waals surface area contributed by atoms with Crippen LogP contribution in [0.15, 0.2) is 24.5 Å². The number of halogens is 1. The molecule has 0 unspecified atom stereocenters. The molecule has 5 nitrogen and oxygen atoms in total. The van der Waals surface area contributed by atoms with E-state index in [1.807, 2.05) is 24.3 Å². The number of nitriles is 1. The summed E-state index contributed by atoms with van der Waals surface area (Å²) >= 11 is 6.25. The monoisotopic (exact) mass is 273 g/mol. The Balaban J connectivity index is 1.80. The third-order valence-electron chi connectivity index (χ3n) is 3.02. The lowest BCUT2D eigenvalue weighted by molar-refractivity contribution is 0.687. The van der Waals surface area contributed by atoms with E-state index in [4.69, 9.17) is 16.9 Å². The maximum atomic E-state index is 8.71. The molecule has 2 aromatic rings. The molecule has 0 bridgehead atoms. The smallest absolute Gasteiger partial charge is 0.252 e. The van der Waals surface area contributed by atoms with Crippen LogP contribution in [0.25, 0.3) is 5.69 Å². The second-order valence-corrected chi connectivity index (χ2v) is 4.97. The van der Waals surface area contributed by atoms with Gasteiger partial charge in [0.15, 0.2) is 0 Å². The Morgan fingerprint density at radius 1 is 1.47 bits per heavy atom. The lowest BCUT2D eigenvalue weighted by Crippen LogP contribution is -2.15. The van der Waals surface area contributed by atoms with Gasteiger partial charge in [-0.1, -0.05) is 17.7 Å². The van der Waals surface area contributed by atoms with Crippen LogP contribution in [0, 0.1) is 11.3 Å². The summed E-state index contributed by atoms with van der Waals surface area (Å²) in [4.78, 5) is 3.86. The average Bonchev–Trinajstić information content (AvgIpc) is 3.13. The summed E-state index contributed by atoms with van der Waals surface area (Å²) in [6.45, 7) is 0.825. The molecular formula is C13H12ClN5. The van der Waals surface area contributed by atoms with Gasteiger partial charge in [0.2, 0.25) is 0 Å². The minimum absolute atomic E-state index is 0.135. The number of nitrogens with zero attached hydrogens (tertiary/aromatic N) is 4. The molecule has 0 radical (unpaired) electrons. The maximum Gasteiger partial charge on any atom is 0.252 e. The highest BCUT2D eigenvalue weighted by molar-refractivity contribution is 6.32. The van der Waals surface area contributed by atoms with Gasteiger partial charge in [-0.3, -0.25) is 0 Å². The molecule has 0 spiro atoms. The standard InChI is InChI=1S/C13H12ClN5/c14-11-5-9(7-16-10-2-3-10)1-4-12(11)19-8-17-13(6-15)18-19/h1,4-5,8,10,16H,2-3,7H2. The lowest BCUT2D eigenvalue weighted by Gasteiger charge is -2.07. The van der Waals surface area contributed by atoms with Crippen molar-refractivity contribution in [1.29, 1.82) is 5.26 Å². The Morgan fingerprint density at radius 3 is 2.95 bits per heavy atom. The van der Waals surface area contributed by atoms with Crippen LogP contribution in [0.4, 0.5) is 0 Å². The number of rotatable bonds is 4. The molecule has 1 heterocycles. The third kappa shape index (κ3) is 2.75. The van der Waals surface area contributed by atoms with Crippen LogP contribution in [0.5, 0.6) is 0 Å². The Morgan fingerprint density at radius 2 is 2.32 bits per heavy atom. The third-order valence-corrected chi connectivity index (χ3v) is 3.33. The van der Waals surface area contributed by atoms with Crippen molar-refractivity contribution in [3.63, 3.8) is 0 Å². The molecule has 6 heteroatoms. The molecule has 0 amide bonds. The van der Waals surface area contributed by atoms with Crippen LogP contribution >= 0.6 is 11.6 Å². The zero-order chi connectivity index (χ0) is 13.2. The van der Waals surface area contributed by atoms with Gasteiger partial charge in [0, 0.05) is 12.6 Å². The van der Waals surface area contributed by atoms with Gasteiger partial charge < -0.3 is 5.32 Å². The molecule has 0 atom stereocenters. The van der Waals surface area contributed by atoms with Gasteiger partial charge >= 0.3 is 0 Å². The van der Waals surface area contributed by atoms with Crippen molar-refractivity contribution >= 4 is 11.6 Å². The lowest BCUT2D eigenvalue weighted by atomic mass is 10.2. The Bertz CT molecular complexity index is 639. The molecule has 1 fully saturated rings. The van der Waals surface area contributed by atoms with Gasteiger partial charge in [0.25, 0.3) is 5.82 Å². The topological polar surface area (TPSA) is 66.5 Å². The van der Waals surface area contributed by atoms with E-state index in [-0.39, 0.29) is 5.82 Å². The summed E-state index contributed by atoms with van der Waals surface area (Å²) < 4.78 is 1.51. The molecule has 1 saturated carbocycles. The van der Waals surface area contributed by atoms with Gasteiger partial charge in [-0.25, -0.2) is 9.67 Å². The van der Waals surface area contributed by atoms with Crippen LogP contribution in [0.2, 0.25) is 5.02 Å². The normalized spacial score (nSPS) is 14.3. The van der Waals surface area contributed by atoms with E-state index in [1.54, 1.807) is 0 Å². The number of nitrogens with one attached hydrogen (secondary N) is 1. The van der Waals surface area contributed by atoms with E-state index in [0.717, 1.165) is 17.8 Å². The van der Waals surface area contributed by atoms with Crippen LogP contribution in [0.3, 0.4) is 0 Å². The highest BCUT2D eigenvalue weighted by Crippen LogP contribution is 2.23. The first kappa shape index (κ1) is 12.2. The first-order valence-corrected chi connectivity index (χ1v) is 6.48. The van der Waals surface area contributed by atoms with E-state index in [9.17, 15) is 0 Å². The largest absolute Gasteiger partial charge is 0.310 e. The zero-order valence-electron chi connectivity index (χ0n) is 10.2. The first-order chi connectivity index (χ1) is 9.26. The van der Waals surface area contributed by atoms with Gasteiger partial charge in [-0.15, -0.1) is 5.10 Å². The predicted octanol–water partition coefficient (Wildman–Crippen LogP) is 2.04. The number of hydrogen-bond acceptors (Lipinski definition) is 4. The van der Waals surface area contributed by atoms with Crippen LogP contribution < -0.4 is 5.32 Å². The van der Waals surface area contributed by atoms with Crippen molar-refractivity contribution in [3.05, 3.63) is 40.9 Å². The minimum Gasteiger partial charge on any atom is -0.310 e. The molecule has 1 aliphatic rings. The molecular weight excluding hydrogens is 262 g/mol. The SMILES string of the molecule is N#Cc1ncn(-c2ccc(CNC3CC3)cc2Cl)n1. The summed E-state index contributed by atoms with van der Waals surface area (Å²) in [6, 6.07) is 8.38. The summed E-state index contributed by atoms with van der Waals surface area (Å²) in [5, 5.41) is 16.8. The highest BCUT2D eigenvalue weighted by atomic mass is 35.5. The van der Waals surface area contributed by atoms with E-state index in [2.05, 4.69) is 15.4 Å². The quantitative estimate of drug-likeness (QED) is 0.926. The summed E-state index contributed by atoms with van der Waals surface area (Å²) in [6.07, 6.45) is 4.02. The molecule has 0 saturated heterocycles. The van der Waals surface area contributed by atoms with Crippen molar-refractivity contribution in [1.82, 2.24) is 20.1 Å². The number of benzene rings is 1. The Labute approximate surface area is 115 Å². The van der Waals surface area contributed by atoms with Gasteiger partial charge in [0.05, 0.1) is 10.7 Å². The predicted molar refractivity (Wildman–Crippen MR) is 70.9 cm³/mol. The van der Waals surface area contributed by atoms with Crippen LogP contribution in [0.1, 0.15) is 24.2 Å². The Kier molecular flexibility index (Phi) is 3.20. The fraction of sp³-hybridized carbons (Fsp3) is 0.308. The summed E-state index contributed by atoms with van der Waals surface area (Å²) in [7, 11) is 0. The van der Waals surface area contributed by atoms with Crippen molar-refractivity contribution in [2.24, 2.45) is 0 Å². The molecule has 1 aliphatic carbocycles. The number of aromatic nitrogens is 3. The fourth-order valence-electron chi connectivity index (χ4n) is 1.83. The molecule has 3 rings (SSSR count). The molecule has 19 heavy (non-hydrogen) atoms. The van der Waals surface area contributed by atoms with Crippen molar-refractivity contribution in [2.45, 2.75) is 25.4 Å². The van der Waals surface area contributed by atoms with E-state index >= 15 is 0 Å². The van der Waals surface area contributed by atoms with E-state index < -0.39 is 0 Å². The van der Waals surface area contributed by atoms with E-state index in [1.165, 1.54) is 23.9 Å². The molecule has 1 aromatic heterocycles. The van der Waals surface area contributed by atoms with Crippen molar-refractivity contribution in [3.8, 4) is 11.8 Å². The minimum atomic E-state index is 0.135. The first-order valence-electron chi connectivity index (χ1n) is 6.10. The van der Waals surface area contributed by atoms with Crippen molar-refractivity contribution in [2.75, 3.05) is 0 Å². The summed E-state index contributed by atoms with van der Waals surface area (Å²) in [5.41, 5.74) is 1.87. The Hall–Kier alpha value is -1.90. The zero-order valence-corrected chi connectivity index (χ0v) is 10.9. The van der Waals surface area contributed by atoms with Gasteiger partial charge in [-0.05, 0) is 30.5 Å². The molecule has 96 valence electrons. The maximum absolute atomic E-state index is 8.71. The van der Waals surface area contributed by atoms with E-state index in [0.29, 0.717) is 11.1 Å². The van der Waals surface area contributed by atoms with Crippen molar-refractivity contribution < 1.29 is 0 Å². The average molecular weight is 274 g/mol. The highest BCUT2D eigenvalue weighted by Gasteiger charge is 2.20. The molecule has 0 aliphatic heterocycles.